The molecule has 1 aromatic heterocycles. The number of nitrogens with zero attached hydrogens (tertiary/aromatic N) is 5. The topological polar surface area (TPSA) is 69.8 Å². The zero-order valence-corrected chi connectivity index (χ0v) is 15.7. The number of piperazine rings is 1. The maximum absolute atomic E-state index is 5.15. The molecule has 1 N–H and O–H groups in total. The predicted molar refractivity (Wildman–Crippen MR) is 102 cm³/mol. The number of nitrogens with one attached hydrogen (secondary N) is 1. The largest absolute Gasteiger partial charge is 0.357 e. The van der Waals surface area contributed by atoms with Crippen molar-refractivity contribution in [1.82, 2.24) is 25.3 Å². The van der Waals surface area contributed by atoms with E-state index < -0.39 is 0 Å². The number of aromatic nitrogens is 2. The molecule has 0 aliphatic carbocycles. The van der Waals surface area contributed by atoms with Gasteiger partial charge < -0.3 is 14.7 Å². The molecule has 140 valence electrons. The third-order valence-electron chi connectivity index (χ3n) is 4.41. The predicted octanol–water partition coefficient (Wildman–Crippen LogP) is 1.70. The molecule has 7 heteroatoms. The Morgan fingerprint density at radius 1 is 1.19 bits per heavy atom. The van der Waals surface area contributed by atoms with Crippen molar-refractivity contribution in [2.75, 3.05) is 39.3 Å². The summed E-state index contributed by atoms with van der Waals surface area (Å²) in [7, 11) is 0. The van der Waals surface area contributed by atoms with Crippen LogP contribution >= 0.6 is 0 Å². The van der Waals surface area contributed by atoms with Crippen LogP contribution in [0.25, 0.3) is 0 Å². The molecular weight excluding hydrogens is 328 g/mol. The summed E-state index contributed by atoms with van der Waals surface area (Å²) in [6.07, 6.45) is 0.670. The molecule has 1 fully saturated rings. The highest BCUT2D eigenvalue weighted by atomic mass is 16.5. The van der Waals surface area contributed by atoms with Crippen LogP contribution in [0.5, 0.6) is 0 Å². The van der Waals surface area contributed by atoms with E-state index in [1.165, 1.54) is 5.56 Å². The Hall–Kier alpha value is -2.41. The number of hydrogen-bond acceptors (Lipinski definition) is 5. The van der Waals surface area contributed by atoms with E-state index in [0.29, 0.717) is 24.7 Å². The highest BCUT2D eigenvalue weighted by Gasteiger charge is 2.19. The molecule has 0 unspecified atom stereocenters. The van der Waals surface area contributed by atoms with E-state index in [4.69, 9.17) is 9.52 Å². The van der Waals surface area contributed by atoms with Crippen LogP contribution in [0.4, 0.5) is 0 Å². The van der Waals surface area contributed by atoms with Gasteiger partial charge >= 0.3 is 0 Å². The van der Waals surface area contributed by atoms with Gasteiger partial charge in [-0.15, -0.1) is 0 Å². The number of aryl methyl sites for hydroxylation is 1. The average Bonchev–Trinajstić information content (AvgIpc) is 3.08. The van der Waals surface area contributed by atoms with E-state index in [2.05, 4.69) is 62.5 Å². The number of guanidine groups is 1. The first-order valence-corrected chi connectivity index (χ1v) is 9.33. The fourth-order valence-electron chi connectivity index (χ4n) is 3.08. The fraction of sp³-hybridized carbons (Fsp3) is 0.526. The van der Waals surface area contributed by atoms with Gasteiger partial charge in [0.25, 0.3) is 0 Å². The Balaban J connectivity index is 1.50. The molecule has 0 radical (unpaired) electrons. The molecule has 0 atom stereocenters. The van der Waals surface area contributed by atoms with Crippen LogP contribution in [0.2, 0.25) is 0 Å². The van der Waals surface area contributed by atoms with Gasteiger partial charge in [0.1, 0.15) is 0 Å². The number of aliphatic imine (C=N–C) groups is 1. The van der Waals surface area contributed by atoms with Gasteiger partial charge in [-0.3, -0.25) is 9.89 Å². The highest BCUT2D eigenvalue weighted by molar-refractivity contribution is 5.80. The van der Waals surface area contributed by atoms with Crippen LogP contribution in [0.1, 0.15) is 24.2 Å². The zero-order chi connectivity index (χ0) is 18.2. The van der Waals surface area contributed by atoms with Crippen molar-refractivity contribution in [2.45, 2.75) is 26.8 Å². The van der Waals surface area contributed by atoms with Crippen molar-refractivity contribution >= 4 is 5.96 Å². The van der Waals surface area contributed by atoms with E-state index in [9.17, 15) is 0 Å². The van der Waals surface area contributed by atoms with Crippen LogP contribution in [0, 0.1) is 6.92 Å². The highest BCUT2D eigenvalue weighted by Crippen LogP contribution is 2.09. The van der Waals surface area contributed by atoms with Crippen LogP contribution in [-0.2, 0) is 13.0 Å². The monoisotopic (exact) mass is 356 g/mol. The molecule has 7 nitrogen and oxygen atoms in total. The Bertz CT molecular complexity index is 691. The molecule has 0 bridgehead atoms. The summed E-state index contributed by atoms with van der Waals surface area (Å²) in [5, 5.41) is 7.22. The molecule has 0 spiro atoms. The van der Waals surface area contributed by atoms with Crippen molar-refractivity contribution < 1.29 is 4.52 Å². The van der Waals surface area contributed by atoms with E-state index in [1.54, 1.807) is 0 Å². The molecule has 2 heterocycles. The molecular formula is C19H28N6O. The lowest BCUT2D eigenvalue weighted by molar-refractivity contribution is 0.172. The second-order valence-electron chi connectivity index (χ2n) is 6.47. The van der Waals surface area contributed by atoms with Gasteiger partial charge in [0.15, 0.2) is 11.8 Å². The lowest BCUT2D eigenvalue weighted by atomic mass is 10.2. The molecule has 0 amide bonds. The van der Waals surface area contributed by atoms with Crippen LogP contribution in [0.15, 0.2) is 39.8 Å². The van der Waals surface area contributed by atoms with Crippen LogP contribution in [-0.4, -0.2) is 65.2 Å². The molecule has 0 saturated carbocycles. The summed E-state index contributed by atoms with van der Waals surface area (Å²) in [5.74, 6) is 2.29. The summed E-state index contributed by atoms with van der Waals surface area (Å²) in [6.45, 7) is 10.5. The van der Waals surface area contributed by atoms with Gasteiger partial charge in [-0.1, -0.05) is 35.5 Å². The van der Waals surface area contributed by atoms with E-state index in [0.717, 1.165) is 45.2 Å². The lowest BCUT2D eigenvalue weighted by Gasteiger charge is -2.36. The maximum Gasteiger partial charge on any atom is 0.228 e. The normalized spacial score (nSPS) is 16.1. The Morgan fingerprint density at radius 2 is 1.96 bits per heavy atom. The first kappa shape index (κ1) is 18.4. The van der Waals surface area contributed by atoms with E-state index in [-0.39, 0.29) is 0 Å². The molecule has 1 saturated heterocycles. The molecule has 26 heavy (non-hydrogen) atoms. The Kier molecular flexibility index (Phi) is 6.60. The van der Waals surface area contributed by atoms with Gasteiger partial charge in [0.05, 0.1) is 6.54 Å². The van der Waals surface area contributed by atoms with E-state index >= 15 is 0 Å². The third kappa shape index (κ3) is 5.29. The minimum atomic E-state index is 0.647. The first-order valence-electron chi connectivity index (χ1n) is 9.33. The summed E-state index contributed by atoms with van der Waals surface area (Å²) < 4.78 is 5.15. The second-order valence-corrected chi connectivity index (χ2v) is 6.47. The first-order chi connectivity index (χ1) is 12.7. The van der Waals surface area contributed by atoms with Crippen molar-refractivity contribution in [3.05, 3.63) is 47.6 Å². The minimum Gasteiger partial charge on any atom is -0.357 e. The Labute approximate surface area is 155 Å². The molecule has 3 rings (SSSR count). The van der Waals surface area contributed by atoms with Crippen molar-refractivity contribution in [3.8, 4) is 0 Å². The Morgan fingerprint density at radius 3 is 2.62 bits per heavy atom. The van der Waals surface area contributed by atoms with Gasteiger partial charge in [-0.25, -0.2) is 0 Å². The number of hydrogen-bond donors (Lipinski definition) is 1. The number of rotatable bonds is 6. The minimum absolute atomic E-state index is 0.647. The summed E-state index contributed by atoms with van der Waals surface area (Å²) in [6, 6.07) is 10.7. The van der Waals surface area contributed by atoms with Crippen molar-refractivity contribution in [2.24, 2.45) is 4.99 Å². The second kappa shape index (κ2) is 9.33. The zero-order valence-electron chi connectivity index (χ0n) is 15.7. The maximum atomic E-state index is 5.15. The standard InChI is InChI=1S/C19H28N6O/c1-3-20-19(21-10-9-18-22-16(2)23-26-18)25-13-11-24(12-14-25)15-17-7-5-4-6-8-17/h4-8H,3,9-15H2,1-2H3,(H,20,21). The average molecular weight is 356 g/mol. The smallest absolute Gasteiger partial charge is 0.228 e. The van der Waals surface area contributed by atoms with Crippen LogP contribution < -0.4 is 5.32 Å². The van der Waals surface area contributed by atoms with Crippen molar-refractivity contribution in [1.29, 1.82) is 0 Å². The lowest BCUT2D eigenvalue weighted by Crippen LogP contribution is -2.52. The van der Waals surface area contributed by atoms with Crippen LogP contribution in [0.3, 0.4) is 0 Å². The molecule has 1 aromatic carbocycles. The quantitative estimate of drug-likeness (QED) is 0.628. The third-order valence-corrected chi connectivity index (χ3v) is 4.41. The molecule has 2 aromatic rings. The fourth-order valence-corrected chi connectivity index (χ4v) is 3.08. The summed E-state index contributed by atoms with van der Waals surface area (Å²) in [5.41, 5.74) is 1.37. The van der Waals surface area contributed by atoms with E-state index in [1.807, 2.05) is 6.92 Å². The summed E-state index contributed by atoms with van der Waals surface area (Å²) >= 11 is 0. The van der Waals surface area contributed by atoms with Gasteiger partial charge in [-0.2, -0.15) is 4.98 Å². The summed E-state index contributed by atoms with van der Waals surface area (Å²) in [4.78, 5) is 13.8. The molecule has 1 aliphatic rings. The van der Waals surface area contributed by atoms with Gasteiger partial charge in [0.2, 0.25) is 5.89 Å². The van der Waals surface area contributed by atoms with Crippen molar-refractivity contribution in [3.63, 3.8) is 0 Å². The van der Waals surface area contributed by atoms with Gasteiger partial charge in [0, 0.05) is 45.7 Å². The molecule has 1 aliphatic heterocycles. The van der Waals surface area contributed by atoms with Gasteiger partial charge in [-0.05, 0) is 19.4 Å². The number of benzene rings is 1. The SMILES string of the molecule is CCNC(=NCCc1nc(C)no1)N1CCN(Cc2ccccc2)CC1.